The minimum absolute atomic E-state index is 0.136. The predicted octanol–water partition coefficient (Wildman–Crippen LogP) is -0.142. The van der Waals surface area contributed by atoms with Crippen LogP contribution in [0.2, 0.25) is 0 Å². The number of hydrogen-bond acceptors (Lipinski definition) is 0. The minimum atomic E-state index is -0.136. The van der Waals surface area contributed by atoms with E-state index in [1.807, 2.05) is 6.07 Å². The summed E-state index contributed by atoms with van der Waals surface area (Å²) >= 11 is 0. The van der Waals surface area contributed by atoms with Crippen LogP contribution in [0.4, 0.5) is 4.39 Å². The van der Waals surface area contributed by atoms with Gasteiger partial charge in [-0.1, -0.05) is 12.1 Å². The van der Waals surface area contributed by atoms with Gasteiger partial charge in [-0.05, 0) is 39.8 Å². The molecule has 1 fully saturated rings. The number of nitrogens with one attached hydrogen (secondary N) is 1. The molecule has 0 radical (unpaired) electrons. The molecule has 2 rings (SSSR count). The van der Waals surface area contributed by atoms with E-state index < -0.39 is 0 Å². The van der Waals surface area contributed by atoms with Gasteiger partial charge in [-0.3, -0.25) is 0 Å². The zero-order valence-corrected chi connectivity index (χ0v) is 15.6. The monoisotopic (exact) mass is 324 g/mol. The van der Waals surface area contributed by atoms with Crippen molar-refractivity contribution in [2.75, 3.05) is 20.6 Å². The van der Waals surface area contributed by atoms with Crippen LogP contribution < -0.4 is 15.5 Å². The van der Waals surface area contributed by atoms with Crippen LogP contribution in [0.1, 0.15) is 52.1 Å². The largest absolute Gasteiger partial charge is 0.338 e. The molecule has 0 amide bonds. The summed E-state index contributed by atoms with van der Waals surface area (Å²) in [5, 5.41) is 5.02. The molecule has 1 aromatic rings. The summed E-state index contributed by atoms with van der Waals surface area (Å²) in [5.74, 6) is -0.136. The number of piperidine rings is 1. The van der Waals surface area contributed by atoms with E-state index in [2.05, 4.69) is 58.5 Å². The van der Waals surface area contributed by atoms with Gasteiger partial charge in [0.15, 0.2) is 6.04 Å². The summed E-state index contributed by atoms with van der Waals surface area (Å²) in [6.07, 6.45) is 2.43. The van der Waals surface area contributed by atoms with E-state index >= 15 is 0 Å². The van der Waals surface area contributed by atoms with Gasteiger partial charge in [0.1, 0.15) is 12.4 Å². The van der Waals surface area contributed by atoms with E-state index in [9.17, 15) is 4.39 Å². The molecule has 130 valence electrons. The van der Waals surface area contributed by atoms with Gasteiger partial charge in [0, 0.05) is 5.56 Å². The van der Waals surface area contributed by atoms with Gasteiger partial charge in [-0.2, -0.15) is 0 Å². The fourth-order valence-corrected chi connectivity index (χ4v) is 4.52. The van der Waals surface area contributed by atoms with Crippen LogP contribution >= 0.6 is 0 Å². The first kappa shape index (κ1) is 18.4. The highest BCUT2D eigenvalue weighted by Crippen LogP contribution is 2.19. The van der Waals surface area contributed by atoms with Gasteiger partial charge in [0.25, 0.3) is 0 Å². The average molecular weight is 325 g/mol. The number of halogens is 1. The lowest BCUT2D eigenvalue weighted by Crippen LogP contribution is -3.12. The molecule has 1 aliphatic heterocycles. The van der Waals surface area contributed by atoms with Gasteiger partial charge in [-0.15, -0.1) is 0 Å². The van der Waals surface area contributed by atoms with E-state index in [4.69, 9.17) is 0 Å². The van der Waals surface area contributed by atoms with Crippen molar-refractivity contribution in [1.82, 2.24) is 0 Å². The minimum Gasteiger partial charge on any atom is -0.338 e. The van der Waals surface area contributed by atoms with E-state index in [1.165, 1.54) is 23.8 Å². The van der Waals surface area contributed by atoms with Crippen LogP contribution in [-0.4, -0.2) is 37.8 Å². The first-order valence-electron chi connectivity index (χ1n) is 8.84. The third kappa shape index (κ3) is 5.27. The highest BCUT2D eigenvalue weighted by Gasteiger charge is 2.43. The molecule has 4 heteroatoms. The van der Waals surface area contributed by atoms with Gasteiger partial charge >= 0.3 is 0 Å². The van der Waals surface area contributed by atoms with E-state index in [0.29, 0.717) is 23.2 Å². The topological polar surface area (TPSA) is 37.7 Å². The molecule has 0 unspecified atom stereocenters. The molecule has 0 aliphatic carbocycles. The molecule has 1 saturated heterocycles. The van der Waals surface area contributed by atoms with Crippen LogP contribution in [-0.2, 0) is 0 Å². The van der Waals surface area contributed by atoms with Gasteiger partial charge in [0.05, 0.1) is 44.1 Å². The first-order chi connectivity index (χ1) is 10.6. The lowest BCUT2D eigenvalue weighted by Gasteiger charge is -2.41. The molecule has 0 spiro atoms. The van der Waals surface area contributed by atoms with Crippen molar-refractivity contribution in [3.8, 4) is 0 Å². The predicted molar refractivity (Wildman–Crippen MR) is 91.8 cm³/mol. The van der Waals surface area contributed by atoms with Crippen LogP contribution in [0.3, 0.4) is 0 Å². The SMILES string of the molecule is C[NH+](C)[C@@H](C[NH2+]C1CC(C)(C)[NH2+]C(C)(C)C1)c1cccc(F)c1. The second-order valence-corrected chi connectivity index (χ2v) is 8.95. The standard InChI is InChI=1S/C19H32FN3/c1-18(2)11-16(12-19(3,4)22-18)21-13-17(23(5)6)14-8-7-9-15(20)10-14/h7-10,16-17,21-22H,11-13H2,1-6H3/p+3/t17-/m0/s1. The molecule has 23 heavy (non-hydrogen) atoms. The van der Waals surface area contributed by atoms with Crippen LogP contribution in [0.15, 0.2) is 24.3 Å². The van der Waals surface area contributed by atoms with E-state index in [0.717, 1.165) is 12.1 Å². The second-order valence-electron chi connectivity index (χ2n) is 8.95. The quantitative estimate of drug-likeness (QED) is 0.674. The molecule has 0 saturated carbocycles. The fourth-order valence-electron chi connectivity index (χ4n) is 4.52. The number of benzene rings is 1. The van der Waals surface area contributed by atoms with Crippen LogP contribution in [0.25, 0.3) is 0 Å². The van der Waals surface area contributed by atoms with Gasteiger partial charge in [0.2, 0.25) is 0 Å². The summed E-state index contributed by atoms with van der Waals surface area (Å²) < 4.78 is 13.6. The number of nitrogens with two attached hydrogens (primary N) is 2. The molecule has 1 atom stereocenters. The highest BCUT2D eigenvalue weighted by molar-refractivity contribution is 5.18. The molecule has 1 heterocycles. The Bertz CT molecular complexity index is 509. The Kier molecular flexibility index (Phi) is 5.49. The summed E-state index contributed by atoms with van der Waals surface area (Å²) in [4.78, 5) is 1.35. The molecular weight excluding hydrogens is 289 g/mol. The molecule has 0 aromatic heterocycles. The Morgan fingerprint density at radius 2 is 1.83 bits per heavy atom. The van der Waals surface area contributed by atoms with Crippen molar-refractivity contribution in [2.24, 2.45) is 0 Å². The van der Waals surface area contributed by atoms with Gasteiger partial charge in [-0.25, -0.2) is 4.39 Å². The smallest absolute Gasteiger partial charge is 0.162 e. The van der Waals surface area contributed by atoms with Crippen LogP contribution in [0.5, 0.6) is 0 Å². The van der Waals surface area contributed by atoms with Crippen LogP contribution in [0, 0.1) is 5.82 Å². The van der Waals surface area contributed by atoms with E-state index in [1.54, 1.807) is 6.07 Å². The number of quaternary nitrogens is 3. The summed E-state index contributed by atoms with van der Waals surface area (Å²) in [5.41, 5.74) is 1.69. The third-order valence-electron chi connectivity index (χ3n) is 5.01. The lowest BCUT2D eigenvalue weighted by molar-refractivity contribution is -0.913. The summed E-state index contributed by atoms with van der Waals surface area (Å²) in [6, 6.07) is 8.05. The maximum Gasteiger partial charge on any atom is 0.162 e. The number of rotatable bonds is 5. The van der Waals surface area contributed by atoms with Crippen molar-refractivity contribution in [2.45, 2.75) is 63.7 Å². The normalized spacial score (nSPS) is 22.3. The van der Waals surface area contributed by atoms with E-state index in [-0.39, 0.29) is 5.82 Å². The Labute approximate surface area is 140 Å². The maximum absolute atomic E-state index is 13.6. The zero-order chi connectivity index (χ0) is 17.3. The summed E-state index contributed by atoms with van der Waals surface area (Å²) in [6.45, 7) is 10.4. The third-order valence-corrected chi connectivity index (χ3v) is 5.01. The van der Waals surface area contributed by atoms with Crippen molar-refractivity contribution in [3.63, 3.8) is 0 Å². The highest BCUT2D eigenvalue weighted by atomic mass is 19.1. The molecule has 5 N–H and O–H groups in total. The molecule has 3 nitrogen and oxygen atoms in total. The molecule has 0 bridgehead atoms. The Hall–Kier alpha value is -0.970. The number of likely N-dealkylation sites (N-methyl/N-ethyl adjacent to an activating group) is 1. The molecular formula is C19H35FN3+3. The van der Waals surface area contributed by atoms with Gasteiger partial charge < -0.3 is 15.5 Å². The van der Waals surface area contributed by atoms with Crippen molar-refractivity contribution < 1.29 is 19.9 Å². The fraction of sp³-hybridized carbons (Fsp3) is 0.684. The van der Waals surface area contributed by atoms with Crippen molar-refractivity contribution in [3.05, 3.63) is 35.6 Å². The molecule has 1 aliphatic rings. The number of hydrogen-bond donors (Lipinski definition) is 3. The Balaban J connectivity index is 2.04. The average Bonchev–Trinajstić information content (AvgIpc) is 2.34. The van der Waals surface area contributed by atoms with Crippen molar-refractivity contribution in [1.29, 1.82) is 0 Å². The zero-order valence-electron chi connectivity index (χ0n) is 15.6. The maximum atomic E-state index is 13.6. The molecule has 1 aromatic carbocycles. The second kappa shape index (κ2) is 6.88. The first-order valence-corrected chi connectivity index (χ1v) is 8.84. The summed E-state index contributed by atoms with van der Waals surface area (Å²) in [7, 11) is 4.32. The lowest BCUT2D eigenvalue weighted by atomic mass is 9.79. The Morgan fingerprint density at radius 1 is 1.22 bits per heavy atom. The Morgan fingerprint density at radius 3 is 2.35 bits per heavy atom. The van der Waals surface area contributed by atoms with Crippen molar-refractivity contribution >= 4 is 0 Å².